The molecule has 0 saturated carbocycles. The molecule has 1 saturated heterocycles. The first-order valence-electron chi connectivity index (χ1n) is 10.2. The number of ether oxygens (including phenoxy) is 1. The van der Waals surface area contributed by atoms with Gasteiger partial charge in [0.15, 0.2) is 0 Å². The molecule has 3 aromatic rings. The Morgan fingerprint density at radius 2 is 1.68 bits per heavy atom. The predicted octanol–water partition coefficient (Wildman–Crippen LogP) is 6.02. The summed E-state index contributed by atoms with van der Waals surface area (Å²) in [6.45, 7) is 2.05. The van der Waals surface area contributed by atoms with Crippen LogP contribution in [0.3, 0.4) is 0 Å². The van der Waals surface area contributed by atoms with Gasteiger partial charge < -0.3 is 9.75 Å². The topological polar surface area (TPSA) is 39.5 Å². The van der Waals surface area contributed by atoms with Crippen LogP contribution in [0.1, 0.15) is 30.4 Å². The van der Waals surface area contributed by atoms with Gasteiger partial charge in [-0.15, -0.1) is 13.2 Å². The van der Waals surface area contributed by atoms with E-state index < -0.39 is 6.36 Å². The second-order valence-electron chi connectivity index (χ2n) is 7.56. The van der Waals surface area contributed by atoms with Crippen molar-refractivity contribution in [2.75, 3.05) is 18.1 Å². The molecule has 3 aromatic carbocycles. The maximum absolute atomic E-state index is 12.6. The number of hydrogen-bond donors (Lipinski definition) is 0. The van der Waals surface area contributed by atoms with E-state index in [1.807, 2.05) is 42.5 Å². The van der Waals surface area contributed by atoms with E-state index in [9.17, 15) is 18.4 Å². The second-order valence-corrected chi connectivity index (χ2v) is 7.56. The average Bonchev–Trinajstić information content (AvgIpc) is 2.97. The Bertz CT molecular complexity index is 1110. The number of alkyl halides is 3. The number of rotatable bonds is 4. The molecule has 0 aliphatic carbocycles. The largest absolute Gasteiger partial charge is 0.573 e. The highest BCUT2D eigenvalue weighted by Gasteiger charge is 2.31. The quantitative estimate of drug-likeness (QED) is 0.513. The highest BCUT2D eigenvalue weighted by atomic mass is 19.4. The summed E-state index contributed by atoms with van der Waals surface area (Å²) >= 11 is 0. The van der Waals surface area contributed by atoms with Gasteiger partial charge in [0, 0.05) is 30.4 Å². The third-order valence-corrected chi connectivity index (χ3v) is 5.42. The molecule has 0 bridgehead atoms. The molecule has 1 fully saturated rings. The maximum atomic E-state index is 12.6. The van der Waals surface area contributed by atoms with Crippen LogP contribution in [0.5, 0.6) is 5.75 Å². The van der Waals surface area contributed by atoms with Crippen LogP contribution in [0.15, 0.2) is 60.7 Å². The van der Waals surface area contributed by atoms with Crippen LogP contribution in [0, 0.1) is 11.3 Å². The van der Waals surface area contributed by atoms with Crippen molar-refractivity contribution in [3.63, 3.8) is 0 Å². The SMILES string of the molecule is N#Cc1ccc(N2CCCCCN2Cc2cccc(OC(F)(F)F)c2)c2ccccc12. The van der Waals surface area contributed by atoms with Crippen LogP contribution in [0.25, 0.3) is 10.8 Å². The van der Waals surface area contributed by atoms with Gasteiger partial charge in [-0.2, -0.15) is 5.26 Å². The van der Waals surface area contributed by atoms with Gasteiger partial charge in [-0.05, 0) is 42.7 Å². The smallest absolute Gasteiger partial charge is 0.406 e. The summed E-state index contributed by atoms with van der Waals surface area (Å²) in [5.74, 6) is -0.213. The Balaban J connectivity index is 1.68. The molecule has 0 N–H and O–H groups in total. The van der Waals surface area contributed by atoms with E-state index in [0.29, 0.717) is 12.1 Å². The van der Waals surface area contributed by atoms with Crippen LogP contribution in [0.2, 0.25) is 0 Å². The molecule has 7 heteroatoms. The minimum atomic E-state index is -4.71. The Kier molecular flexibility index (Phi) is 6.01. The zero-order valence-corrected chi connectivity index (χ0v) is 16.9. The Morgan fingerprint density at radius 3 is 2.45 bits per heavy atom. The molecule has 1 heterocycles. The van der Waals surface area contributed by atoms with Crippen LogP contribution >= 0.6 is 0 Å². The third-order valence-electron chi connectivity index (χ3n) is 5.42. The van der Waals surface area contributed by atoms with Crippen LogP contribution in [-0.2, 0) is 6.54 Å². The highest BCUT2D eigenvalue weighted by molar-refractivity contribution is 5.97. The van der Waals surface area contributed by atoms with E-state index in [1.54, 1.807) is 6.07 Å². The van der Waals surface area contributed by atoms with Gasteiger partial charge in [0.05, 0.1) is 17.3 Å². The zero-order chi connectivity index (χ0) is 21.8. The molecule has 0 atom stereocenters. The summed E-state index contributed by atoms with van der Waals surface area (Å²) < 4.78 is 41.9. The maximum Gasteiger partial charge on any atom is 0.573 e. The number of hydrogen-bond acceptors (Lipinski definition) is 4. The molecule has 4 nitrogen and oxygen atoms in total. The van der Waals surface area contributed by atoms with Crippen LogP contribution < -0.4 is 9.75 Å². The Hall–Kier alpha value is -3.24. The van der Waals surface area contributed by atoms with Crippen molar-refractivity contribution in [1.29, 1.82) is 5.26 Å². The number of fused-ring (bicyclic) bond motifs is 1. The second kappa shape index (κ2) is 8.86. The first kappa shape index (κ1) is 21.0. The number of hydrazine groups is 1. The molecule has 31 heavy (non-hydrogen) atoms. The van der Waals surface area contributed by atoms with E-state index in [1.165, 1.54) is 12.1 Å². The van der Waals surface area contributed by atoms with Gasteiger partial charge in [0.2, 0.25) is 0 Å². The molecular formula is C24H22F3N3O. The third kappa shape index (κ3) is 4.92. The molecule has 160 valence electrons. The van der Waals surface area contributed by atoms with E-state index in [0.717, 1.165) is 54.4 Å². The molecule has 0 aromatic heterocycles. The molecule has 1 aliphatic rings. The fourth-order valence-corrected chi connectivity index (χ4v) is 4.09. The first-order valence-corrected chi connectivity index (χ1v) is 10.2. The van der Waals surface area contributed by atoms with Crippen molar-refractivity contribution >= 4 is 16.5 Å². The van der Waals surface area contributed by atoms with Gasteiger partial charge in [0.1, 0.15) is 5.75 Å². The fourth-order valence-electron chi connectivity index (χ4n) is 4.09. The summed E-state index contributed by atoms with van der Waals surface area (Å²) in [6.07, 6.45) is -1.61. The number of anilines is 1. The fraction of sp³-hybridized carbons (Fsp3) is 0.292. The van der Waals surface area contributed by atoms with E-state index in [-0.39, 0.29) is 5.75 Å². The minimum Gasteiger partial charge on any atom is -0.406 e. The number of nitriles is 1. The summed E-state index contributed by atoms with van der Waals surface area (Å²) in [5.41, 5.74) is 2.36. The zero-order valence-electron chi connectivity index (χ0n) is 16.9. The van der Waals surface area contributed by atoms with E-state index in [2.05, 4.69) is 20.8 Å². The molecule has 4 rings (SSSR count). The molecule has 0 spiro atoms. The van der Waals surface area contributed by atoms with Gasteiger partial charge in [0.25, 0.3) is 0 Å². The lowest BCUT2D eigenvalue weighted by atomic mass is 10.0. The normalized spacial score (nSPS) is 15.5. The van der Waals surface area contributed by atoms with Crippen LogP contribution in [0.4, 0.5) is 18.9 Å². The molecule has 1 aliphatic heterocycles. The molecule has 0 unspecified atom stereocenters. The van der Waals surface area contributed by atoms with Crippen molar-refractivity contribution < 1.29 is 17.9 Å². The van der Waals surface area contributed by atoms with Crippen molar-refractivity contribution in [3.05, 3.63) is 71.8 Å². The van der Waals surface area contributed by atoms with E-state index >= 15 is 0 Å². The van der Waals surface area contributed by atoms with Gasteiger partial charge in [-0.25, -0.2) is 5.01 Å². The van der Waals surface area contributed by atoms with Crippen molar-refractivity contribution in [1.82, 2.24) is 5.01 Å². The summed E-state index contributed by atoms with van der Waals surface area (Å²) in [7, 11) is 0. The molecule has 0 amide bonds. The first-order chi connectivity index (χ1) is 14.9. The van der Waals surface area contributed by atoms with E-state index in [4.69, 9.17) is 0 Å². The average molecular weight is 425 g/mol. The van der Waals surface area contributed by atoms with Gasteiger partial charge >= 0.3 is 6.36 Å². The van der Waals surface area contributed by atoms with Crippen molar-refractivity contribution in [3.8, 4) is 11.8 Å². The number of nitrogens with zero attached hydrogens (tertiary/aromatic N) is 3. The lowest BCUT2D eigenvalue weighted by molar-refractivity contribution is -0.274. The standard InChI is InChI=1S/C24H22F3N3O/c25-24(26,27)31-20-8-6-7-18(15-20)17-29-13-4-1-5-14-30(29)23-12-11-19(16-28)21-9-2-3-10-22(21)23/h2-3,6-12,15H,1,4-5,13-14,17H2. The monoisotopic (exact) mass is 425 g/mol. The summed E-state index contributed by atoms with van der Waals surface area (Å²) in [5, 5.41) is 15.7. The Labute approximate surface area is 179 Å². The highest BCUT2D eigenvalue weighted by Crippen LogP contribution is 2.32. The lowest BCUT2D eigenvalue weighted by Crippen LogP contribution is -2.42. The molecule has 0 radical (unpaired) electrons. The predicted molar refractivity (Wildman–Crippen MR) is 113 cm³/mol. The van der Waals surface area contributed by atoms with Gasteiger partial charge in [-0.1, -0.05) is 42.8 Å². The van der Waals surface area contributed by atoms with Crippen molar-refractivity contribution in [2.24, 2.45) is 0 Å². The van der Waals surface area contributed by atoms with Crippen LogP contribution in [-0.4, -0.2) is 24.5 Å². The summed E-state index contributed by atoms with van der Waals surface area (Å²) in [6, 6.07) is 20.0. The van der Waals surface area contributed by atoms with Crippen molar-refractivity contribution in [2.45, 2.75) is 32.2 Å². The Morgan fingerprint density at radius 1 is 0.903 bits per heavy atom. The number of halogens is 3. The summed E-state index contributed by atoms with van der Waals surface area (Å²) in [4.78, 5) is 0. The molecular weight excluding hydrogens is 403 g/mol. The number of benzene rings is 3. The lowest BCUT2D eigenvalue weighted by Gasteiger charge is -2.36. The minimum absolute atomic E-state index is 0.213. The van der Waals surface area contributed by atoms with Gasteiger partial charge in [-0.3, -0.25) is 0 Å².